The van der Waals surface area contributed by atoms with Gasteiger partial charge in [0.25, 0.3) is 0 Å². The van der Waals surface area contributed by atoms with Gasteiger partial charge in [0.2, 0.25) is 5.91 Å². The summed E-state index contributed by atoms with van der Waals surface area (Å²) in [5.74, 6) is -0.350. The molecule has 5 heteroatoms. The van der Waals surface area contributed by atoms with E-state index in [1.54, 1.807) is 0 Å². The topological polar surface area (TPSA) is 50.8 Å². The smallest absolute Gasteiger partial charge is 0.241 e. The first-order chi connectivity index (χ1) is 10.2. The average Bonchev–Trinajstić information content (AvgIpc) is 2.96. The highest BCUT2D eigenvalue weighted by Gasteiger charge is 2.41. The molecule has 0 unspecified atom stereocenters. The predicted octanol–water partition coefficient (Wildman–Crippen LogP) is 1.85. The molecule has 114 valence electrons. The van der Waals surface area contributed by atoms with Crippen molar-refractivity contribution < 1.29 is 14.3 Å². The van der Waals surface area contributed by atoms with Crippen LogP contribution in [-0.2, 0) is 14.3 Å². The van der Waals surface area contributed by atoms with Crippen LogP contribution < -0.4 is 5.32 Å². The fourth-order valence-electron chi connectivity index (χ4n) is 2.97. The molecule has 0 aromatic heterocycles. The maximum Gasteiger partial charge on any atom is 0.241 e. The molecule has 1 amide bonds. The Morgan fingerprint density at radius 3 is 2.43 bits per heavy atom. The third-order valence-corrected chi connectivity index (χ3v) is 4.34. The summed E-state index contributed by atoms with van der Waals surface area (Å²) < 4.78 is 11.4. The minimum Gasteiger partial charge on any atom is -0.347 e. The van der Waals surface area contributed by atoms with Gasteiger partial charge in [-0.15, -0.1) is 0 Å². The number of hydrogen-bond acceptors (Lipinski definition) is 4. The lowest BCUT2D eigenvalue weighted by Gasteiger charge is -2.39. The van der Waals surface area contributed by atoms with E-state index in [0.717, 1.165) is 31.6 Å². The number of benzene rings is 1. The molecule has 2 heterocycles. The summed E-state index contributed by atoms with van der Waals surface area (Å²) in [6, 6.07) is 9.42. The normalized spacial score (nSPS) is 23.1. The molecule has 0 saturated carbocycles. The van der Waals surface area contributed by atoms with E-state index < -0.39 is 0 Å². The van der Waals surface area contributed by atoms with Crippen LogP contribution in [0.5, 0.6) is 0 Å². The van der Waals surface area contributed by atoms with Crippen LogP contribution in [0.2, 0.25) is 0 Å². The van der Waals surface area contributed by atoms with Gasteiger partial charge in [-0.05, 0) is 19.1 Å². The monoisotopic (exact) mass is 290 g/mol. The fourth-order valence-corrected chi connectivity index (χ4v) is 2.97. The second kappa shape index (κ2) is 6.13. The van der Waals surface area contributed by atoms with E-state index in [2.05, 4.69) is 10.2 Å². The Balaban J connectivity index is 1.54. The van der Waals surface area contributed by atoms with Crippen molar-refractivity contribution in [3.8, 4) is 0 Å². The van der Waals surface area contributed by atoms with Crippen molar-refractivity contribution in [2.75, 3.05) is 31.6 Å². The third-order valence-electron chi connectivity index (χ3n) is 4.34. The summed E-state index contributed by atoms with van der Waals surface area (Å²) in [5, 5.41) is 2.96. The van der Waals surface area contributed by atoms with Crippen molar-refractivity contribution in [2.24, 2.45) is 0 Å². The number of anilines is 1. The van der Waals surface area contributed by atoms with E-state index in [-0.39, 0.29) is 17.7 Å². The molecular formula is C16H22N2O3. The number of para-hydroxylation sites is 1. The molecule has 1 N–H and O–H groups in total. The zero-order valence-corrected chi connectivity index (χ0v) is 12.4. The molecule has 1 atom stereocenters. The first-order valence-corrected chi connectivity index (χ1v) is 7.56. The highest BCUT2D eigenvalue weighted by molar-refractivity contribution is 5.94. The number of likely N-dealkylation sites (tertiary alicyclic amines) is 1. The Kier molecular flexibility index (Phi) is 4.24. The zero-order chi connectivity index (χ0) is 14.7. The molecule has 2 saturated heterocycles. The standard InChI is InChI=1S/C16H22N2O3/c1-13(15(19)17-14-5-3-2-4-6-14)18-9-7-16(8-10-18)20-11-12-21-16/h2-6,13H,7-12H2,1H3,(H,17,19)/t13-/m0/s1. The Morgan fingerprint density at radius 1 is 1.19 bits per heavy atom. The zero-order valence-electron chi connectivity index (χ0n) is 12.4. The van der Waals surface area contributed by atoms with E-state index in [4.69, 9.17) is 9.47 Å². The van der Waals surface area contributed by atoms with Crippen LogP contribution >= 0.6 is 0 Å². The number of rotatable bonds is 3. The largest absolute Gasteiger partial charge is 0.347 e. The van der Waals surface area contributed by atoms with Crippen LogP contribution in [0.1, 0.15) is 19.8 Å². The highest BCUT2D eigenvalue weighted by atomic mass is 16.7. The molecule has 0 radical (unpaired) electrons. The van der Waals surface area contributed by atoms with Gasteiger partial charge in [0.15, 0.2) is 5.79 Å². The number of amides is 1. The van der Waals surface area contributed by atoms with Crippen LogP contribution in [-0.4, -0.2) is 48.9 Å². The molecule has 5 nitrogen and oxygen atoms in total. The van der Waals surface area contributed by atoms with Crippen LogP contribution in [0.3, 0.4) is 0 Å². The Labute approximate surface area is 125 Å². The number of carbonyl (C=O) groups is 1. The van der Waals surface area contributed by atoms with Gasteiger partial charge in [-0.3, -0.25) is 9.69 Å². The summed E-state index contributed by atoms with van der Waals surface area (Å²) in [4.78, 5) is 14.5. The average molecular weight is 290 g/mol. The lowest BCUT2D eigenvalue weighted by Crippen LogP contribution is -2.51. The maximum absolute atomic E-state index is 12.3. The van der Waals surface area contributed by atoms with Crippen LogP contribution in [0.25, 0.3) is 0 Å². The van der Waals surface area contributed by atoms with E-state index >= 15 is 0 Å². The maximum atomic E-state index is 12.3. The molecule has 2 aliphatic heterocycles. The lowest BCUT2D eigenvalue weighted by molar-refractivity contribution is -0.187. The number of nitrogens with one attached hydrogen (secondary N) is 1. The summed E-state index contributed by atoms with van der Waals surface area (Å²) >= 11 is 0. The SMILES string of the molecule is C[C@@H](C(=O)Nc1ccccc1)N1CCC2(CC1)OCCO2. The van der Waals surface area contributed by atoms with Crippen molar-refractivity contribution in [1.29, 1.82) is 0 Å². The molecule has 2 fully saturated rings. The quantitative estimate of drug-likeness (QED) is 0.923. The van der Waals surface area contributed by atoms with Gasteiger partial charge in [0.05, 0.1) is 19.3 Å². The van der Waals surface area contributed by atoms with Crippen LogP contribution in [0.15, 0.2) is 30.3 Å². The van der Waals surface area contributed by atoms with Crippen molar-refractivity contribution >= 4 is 11.6 Å². The number of nitrogens with zero attached hydrogens (tertiary/aromatic N) is 1. The summed E-state index contributed by atoms with van der Waals surface area (Å²) in [5.41, 5.74) is 0.838. The Morgan fingerprint density at radius 2 is 1.81 bits per heavy atom. The minimum atomic E-state index is -0.383. The van der Waals surface area contributed by atoms with Gasteiger partial charge in [0, 0.05) is 31.6 Å². The molecule has 1 aromatic rings. The van der Waals surface area contributed by atoms with Gasteiger partial charge >= 0.3 is 0 Å². The van der Waals surface area contributed by atoms with Crippen LogP contribution in [0, 0.1) is 0 Å². The van der Waals surface area contributed by atoms with Gasteiger partial charge in [-0.2, -0.15) is 0 Å². The lowest BCUT2D eigenvalue weighted by atomic mass is 10.0. The van der Waals surface area contributed by atoms with Crippen molar-refractivity contribution in [2.45, 2.75) is 31.6 Å². The van der Waals surface area contributed by atoms with Crippen molar-refractivity contribution in [3.05, 3.63) is 30.3 Å². The first-order valence-electron chi connectivity index (χ1n) is 7.56. The van der Waals surface area contributed by atoms with Gasteiger partial charge < -0.3 is 14.8 Å². The molecule has 1 spiro atoms. The molecule has 0 aliphatic carbocycles. The summed E-state index contributed by atoms with van der Waals surface area (Å²) in [6.07, 6.45) is 1.66. The molecule has 3 rings (SSSR count). The van der Waals surface area contributed by atoms with E-state index in [0.29, 0.717) is 13.2 Å². The second-order valence-electron chi connectivity index (χ2n) is 5.67. The number of carbonyl (C=O) groups excluding carboxylic acids is 1. The Hall–Kier alpha value is -1.43. The van der Waals surface area contributed by atoms with Crippen LogP contribution in [0.4, 0.5) is 5.69 Å². The van der Waals surface area contributed by atoms with E-state index in [1.165, 1.54) is 0 Å². The molecular weight excluding hydrogens is 268 g/mol. The molecule has 1 aromatic carbocycles. The predicted molar refractivity (Wildman–Crippen MR) is 80.0 cm³/mol. The minimum absolute atomic E-state index is 0.0328. The summed E-state index contributed by atoms with van der Waals surface area (Å²) in [7, 11) is 0. The van der Waals surface area contributed by atoms with E-state index in [1.807, 2.05) is 37.3 Å². The van der Waals surface area contributed by atoms with Crippen molar-refractivity contribution in [1.82, 2.24) is 4.90 Å². The van der Waals surface area contributed by atoms with E-state index in [9.17, 15) is 4.79 Å². The van der Waals surface area contributed by atoms with Gasteiger partial charge in [0.1, 0.15) is 0 Å². The first kappa shape index (κ1) is 14.5. The third kappa shape index (κ3) is 3.26. The van der Waals surface area contributed by atoms with Gasteiger partial charge in [-0.1, -0.05) is 18.2 Å². The summed E-state index contributed by atoms with van der Waals surface area (Å²) in [6.45, 7) is 4.97. The number of hydrogen-bond donors (Lipinski definition) is 1. The fraction of sp³-hybridized carbons (Fsp3) is 0.562. The number of ether oxygens (including phenoxy) is 2. The second-order valence-corrected chi connectivity index (χ2v) is 5.67. The Bertz CT molecular complexity index is 476. The molecule has 0 bridgehead atoms. The van der Waals surface area contributed by atoms with Crippen molar-refractivity contribution in [3.63, 3.8) is 0 Å². The highest BCUT2D eigenvalue weighted by Crippen LogP contribution is 2.31. The molecule has 21 heavy (non-hydrogen) atoms. The van der Waals surface area contributed by atoms with Gasteiger partial charge in [-0.25, -0.2) is 0 Å². The number of piperidine rings is 1. The molecule has 2 aliphatic rings.